The van der Waals surface area contributed by atoms with E-state index in [1.807, 2.05) is 18.2 Å². The third-order valence-electron chi connectivity index (χ3n) is 5.38. The van der Waals surface area contributed by atoms with Crippen molar-refractivity contribution in [2.45, 2.75) is 56.8 Å². The van der Waals surface area contributed by atoms with Crippen LogP contribution < -0.4 is 9.47 Å². The number of methoxy groups -OCH3 is 2. The molecular formula is C20H31NO4. The van der Waals surface area contributed by atoms with E-state index in [1.165, 1.54) is 12.8 Å². The van der Waals surface area contributed by atoms with Gasteiger partial charge in [-0.2, -0.15) is 0 Å². The van der Waals surface area contributed by atoms with Crippen LogP contribution in [0.15, 0.2) is 18.2 Å². The number of likely N-dealkylation sites (tertiary alicyclic amines) is 1. The monoisotopic (exact) mass is 350 g/mol. The van der Waals surface area contributed by atoms with Gasteiger partial charge in [-0.25, -0.2) is 0 Å². The second-order valence-corrected chi connectivity index (χ2v) is 6.99. The molecule has 0 amide bonds. The van der Waals surface area contributed by atoms with Crippen LogP contribution in [0.2, 0.25) is 0 Å². The van der Waals surface area contributed by atoms with E-state index in [0.717, 1.165) is 42.9 Å². The number of hydrogen-bond donors (Lipinski definition) is 1. The number of rotatable bonds is 7. The molecule has 1 aromatic rings. The Morgan fingerprint density at radius 1 is 1.16 bits per heavy atom. The summed E-state index contributed by atoms with van der Waals surface area (Å²) in [6.07, 6.45) is 4.80. The second-order valence-electron chi connectivity index (χ2n) is 6.99. The van der Waals surface area contributed by atoms with Crippen LogP contribution in [0.1, 0.15) is 39.0 Å². The molecule has 0 bridgehead atoms. The lowest BCUT2D eigenvalue weighted by atomic mass is 9.91. The van der Waals surface area contributed by atoms with Crippen LogP contribution in [0.4, 0.5) is 0 Å². The Balaban J connectivity index is 1.54. The number of nitrogens with zero attached hydrogens (tertiary/aromatic N) is 1. The van der Waals surface area contributed by atoms with E-state index in [0.29, 0.717) is 25.6 Å². The number of hydrogen-bond acceptors (Lipinski definition) is 5. The van der Waals surface area contributed by atoms with Gasteiger partial charge >= 0.3 is 0 Å². The molecule has 25 heavy (non-hydrogen) atoms. The summed E-state index contributed by atoms with van der Waals surface area (Å²) in [6.45, 7) is 1.89. The first-order valence-electron chi connectivity index (χ1n) is 9.81. The minimum atomic E-state index is -1.29. The fourth-order valence-electron chi connectivity index (χ4n) is 4.00. The molecule has 1 saturated heterocycles. The zero-order valence-electron chi connectivity index (χ0n) is 16.4. The molecule has 1 aromatic carbocycles. The van der Waals surface area contributed by atoms with Crippen molar-refractivity contribution in [2.75, 3.05) is 33.9 Å². The summed E-state index contributed by atoms with van der Waals surface area (Å²) in [7, 11) is 3.29. The fourth-order valence-corrected chi connectivity index (χ4v) is 4.00. The van der Waals surface area contributed by atoms with Crippen LogP contribution in [0.25, 0.3) is 0 Å². The zero-order valence-corrected chi connectivity index (χ0v) is 15.4. The predicted molar refractivity (Wildman–Crippen MR) is 97.4 cm³/mol. The summed E-state index contributed by atoms with van der Waals surface area (Å²) in [5, 5.41) is 9.96. The van der Waals surface area contributed by atoms with Crippen LogP contribution in [-0.2, 0) is 11.2 Å². The van der Waals surface area contributed by atoms with Gasteiger partial charge < -0.3 is 19.3 Å². The average Bonchev–Trinajstić information content (AvgIpc) is 3.01. The Labute approximate surface area is 152 Å². The van der Waals surface area contributed by atoms with E-state index < -0.39 is 6.08 Å². The molecule has 2 aliphatic rings. The summed E-state index contributed by atoms with van der Waals surface area (Å²) in [6, 6.07) is 6.30. The molecular weight excluding hydrogens is 318 g/mol. The molecule has 0 spiro atoms. The van der Waals surface area contributed by atoms with Gasteiger partial charge in [-0.1, -0.05) is 18.9 Å². The molecule has 1 saturated carbocycles. The van der Waals surface area contributed by atoms with E-state index in [2.05, 4.69) is 4.90 Å². The lowest BCUT2D eigenvalue weighted by Gasteiger charge is -2.37. The average molecular weight is 350 g/mol. The Morgan fingerprint density at radius 2 is 1.96 bits per heavy atom. The van der Waals surface area contributed by atoms with Crippen LogP contribution >= 0.6 is 0 Å². The molecule has 1 heterocycles. The van der Waals surface area contributed by atoms with Crippen LogP contribution in [0.3, 0.4) is 0 Å². The molecule has 140 valence electrons. The van der Waals surface area contributed by atoms with E-state index in [-0.39, 0.29) is 6.10 Å². The van der Waals surface area contributed by atoms with Crippen molar-refractivity contribution < 1.29 is 20.7 Å². The third-order valence-corrected chi connectivity index (χ3v) is 5.38. The molecule has 3 rings (SSSR count). The molecule has 1 N–H and O–H groups in total. The maximum absolute atomic E-state index is 9.96. The van der Waals surface area contributed by atoms with Gasteiger partial charge in [-0.3, -0.25) is 4.90 Å². The van der Waals surface area contributed by atoms with Gasteiger partial charge in [-0.15, -0.1) is 0 Å². The molecule has 2 fully saturated rings. The SMILES string of the molecule is [2H][C@@]1(O)CCN(C2CCCC[C@H]2OCCc2ccc(OC)c(OC)c2)C1. The van der Waals surface area contributed by atoms with Gasteiger partial charge in [0.05, 0.1) is 34.4 Å². The summed E-state index contributed by atoms with van der Waals surface area (Å²) >= 11 is 0. The molecule has 3 atom stereocenters. The van der Waals surface area contributed by atoms with E-state index in [9.17, 15) is 5.11 Å². The Morgan fingerprint density at radius 3 is 2.68 bits per heavy atom. The van der Waals surface area contributed by atoms with E-state index >= 15 is 0 Å². The molecule has 1 unspecified atom stereocenters. The lowest BCUT2D eigenvalue weighted by molar-refractivity contribution is -0.0316. The van der Waals surface area contributed by atoms with Crippen LogP contribution in [-0.4, -0.2) is 62.1 Å². The standard InChI is InChI=1S/C20H31NO4/c1-23-19-8-7-15(13-20(19)24-2)10-12-25-18-6-4-3-5-17(18)21-11-9-16(22)14-21/h7-8,13,16-18,22H,3-6,9-12,14H2,1-2H3/t16-,17?,18-/m1/s1/i16D. The minimum absolute atomic E-state index is 0.192. The van der Waals surface area contributed by atoms with Gasteiger partial charge in [0.25, 0.3) is 0 Å². The quantitative estimate of drug-likeness (QED) is 0.819. The van der Waals surface area contributed by atoms with Crippen molar-refractivity contribution in [3.8, 4) is 11.5 Å². The molecule has 5 nitrogen and oxygen atoms in total. The first-order valence-corrected chi connectivity index (χ1v) is 9.31. The topological polar surface area (TPSA) is 51.2 Å². The summed E-state index contributed by atoms with van der Waals surface area (Å²) in [5.41, 5.74) is 1.16. The zero-order chi connectivity index (χ0) is 18.6. The van der Waals surface area contributed by atoms with Crippen molar-refractivity contribution in [1.82, 2.24) is 4.90 Å². The normalized spacial score (nSPS) is 30.9. The van der Waals surface area contributed by atoms with Gasteiger partial charge in [0.2, 0.25) is 0 Å². The van der Waals surface area contributed by atoms with Gasteiger partial charge in [0.1, 0.15) is 0 Å². The molecule has 1 aliphatic heterocycles. The number of ether oxygens (including phenoxy) is 3. The Bertz CT molecular complexity index is 595. The largest absolute Gasteiger partial charge is 0.493 e. The second kappa shape index (κ2) is 8.88. The molecule has 5 heteroatoms. The smallest absolute Gasteiger partial charge is 0.160 e. The predicted octanol–water partition coefficient (Wildman–Crippen LogP) is 2.64. The summed E-state index contributed by atoms with van der Waals surface area (Å²) < 4.78 is 24.8. The minimum Gasteiger partial charge on any atom is -0.493 e. The number of β-amino-alcohol motifs (C(OH)–C–C–N with tert-alkyl or cyclic N) is 1. The summed E-state index contributed by atoms with van der Waals surface area (Å²) in [5.74, 6) is 1.48. The van der Waals surface area contributed by atoms with Gasteiger partial charge in [-0.05, 0) is 43.4 Å². The maximum Gasteiger partial charge on any atom is 0.160 e. The Kier molecular flexibility index (Phi) is 6.08. The van der Waals surface area contributed by atoms with E-state index in [4.69, 9.17) is 15.6 Å². The molecule has 1 aliphatic carbocycles. The van der Waals surface area contributed by atoms with Gasteiger partial charge in [0.15, 0.2) is 11.5 Å². The lowest BCUT2D eigenvalue weighted by Crippen LogP contribution is -2.46. The first-order chi connectivity index (χ1) is 12.5. The van der Waals surface area contributed by atoms with Crippen LogP contribution in [0.5, 0.6) is 11.5 Å². The van der Waals surface area contributed by atoms with Crippen molar-refractivity contribution >= 4 is 0 Å². The highest BCUT2D eigenvalue weighted by atomic mass is 16.5. The van der Waals surface area contributed by atoms with Crippen molar-refractivity contribution in [1.29, 1.82) is 0 Å². The van der Waals surface area contributed by atoms with E-state index in [1.54, 1.807) is 14.2 Å². The molecule has 0 aromatic heterocycles. The summed E-state index contributed by atoms with van der Waals surface area (Å²) in [4.78, 5) is 2.26. The highest BCUT2D eigenvalue weighted by Gasteiger charge is 2.34. The van der Waals surface area contributed by atoms with Crippen LogP contribution in [0, 0.1) is 0 Å². The highest BCUT2D eigenvalue weighted by Crippen LogP contribution is 2.30. The first kappa shape index (κ1) is 17.1. The van der Waals surface area contributed by atoms with Gasteiger partial charge in [0, 0.05) is 19.1 Å². The maximum atomic E-state index is 9.96. The number of aliphatic hydroxyl groups is 1. The fraction of sp³-hybridized carbons (Fsp3) is 0.700. The Hall–Kier alpha value is -1.30. The van der Waals surface area contributed by atoms with Crippen molar-refractivity contribution in [3.63, 3.8) is 0 Å². The highest BCUT2D eigenvalue weighted by molar-refractivity contribution is 5.42. The van der Waals surface area contributed by atoms with Crippen molar-refractivity contribution in [3.05, 3.63) is 23.8 Å². The molecule has 0 radical (unpaired) electrons. The third kappa shape index (κ3) is 4.66. The number of benzene rings is 1. The van der Waals surface area contributed by atoms with Crippen molar-refractivity contribution in [2.24, 2.45) is 0 Å².